The van der Waals surface area contributed by atoms with Gasteiger partial charge in [-0.25, -0.2) is 4.98 Å². The Labute approximate surface area is 189 Å². The van der Waals surface area contributed by atoms with E-state index in [1.54, 1.807) is 6.07 Å². The summed E-state index contributed by atoms with van der Waals surface area (Å²) in [5.41, 5.74) is 2.93. The van der Waals surface area contributed by atoms with E-state index in [2.05, 4.69) is 58.3 Å². The van der Waals surface area contributed by atoms with Crippen molar-refractivity contribution in [3.05, 3.63) is 52.9 Å². The topological polar surface area (TPSA) is 66.3 Å². The van der Waals surface area contributed by atoms with E-state index >= 15 is 0 Å². The summed E-state index contributed by atoms with van der Waals surface area (Å²) in [6, 6.07) is 12.1. The standard InChI is InChI=1S/C25H32N6O/c1-18-4-3-5-22(16-18)31-23(32)11-6-19-17-26-25(28-24(19)31)27-20-7-9-21(10-8-20)30-14-12-29(2)13-15-30/h6-11,17-18,22H,3-5,12-16H2,1-2H3,(H,26,27,28). The molecule has 2 atom stereocenters. The zero-order valence-electron chi connectivity index (χ0n) is 19.0. The number of nitrogens with zero attached hydrogens (tertiary/aromatic N) is 5. The lowest BCUT2D eigenvalue weighted by atomic mass is 9.87. The minimum absolute atomic E-state index is 0.0257. The first kappa shape index (κ1) is 20.9. The van der Waals surface area contributed by atoms with Gasteiger partial charge in [-0.3, -0.25) is 9.36 Å². The summed E-state index contributed by atoms with van der Waals surface area (Å²) in [7, 11) is 2.17. The van der Waals surface area contributed by atoms with E-state index in [-0.39, 0.29) is 11.6 Å². The van der Waals surface area contributed by atoms with Gasteiger partial charge < -0.3 is 15.1 Å². The summed E-state index contributed by atoms with van der Waals surface area (Å²) in [6.45, 7) is 6.55. The van der Waals surface area contributed by atoms with Gasteiger partial charge >= 0.3 is 0 Å². The van der Waals surface area contributed by atoms with Gasteiger partial charge in [0.25, 0.3) is 5.56 Å². The zero-order valence-corrected chi connectivity index (χ0v) is 19.0. The first-order chi connectivity index (χ1) is 15.6. The van der Waals surface area contributed by atoms with Crippen LogP contribution in [0.1, 0.15) is 38.6 Å². The van der Waals surface area contributed by atoms with Crippen molar-refractivity contribution < 1.29 is 0 Å². The van der Waals surface area contributed by atoms with Crippen LogP contribution in [-0.4, -0.2) is 52.7 Å². The van der Waals surface area contributed by atoms with Gasteiger partial charge in [-0.05, 0) is 56.1 Å². The maximum absolute atomic E-state index is 12.8. The van der Waals surface area contributed by atoms with Crippen LogP contribution in [0.15, 0.2) is 47.4 Å². The fourth-order valence-corrected chi connectivity index (χ4v) is 5.04. The van der Waals surface area contributed by atoms with E-state index in [4.69, 9.17) is 4.98 Å². The van der Waals surface area contributed by atoms with Crippen LogP contribution in [0.25, 0.3) is 11.0 Å². The molecule has 0 amide bonds. The number of piperazine rings is 1. The van der Waals surface area contributed by atoms with Gasteiger partial charge in [0.2, 0.25) is 5.95 Å². The Morgan fingerprint density at radius 1 is 1.00 bits per heavy atom. The molecule has 5 rings (SSSR count). The van der Waals surface area contributed by atoms with Gasteiger partial charge in [0.15, 0.2) is 0 Å². The van der Waals surface area contributed by atoms with Crippen LogP contribution in [-0.2, 0) is 0 Å². The largest absolute Gasteiger partial charge is 0.369 e. The lowest BCUT2D eigenvalue weighted by Gasteiger charge is -2.34. The molecule has 2 aliphatic rings. The molecule has 0 bridgehead atoms. The van der Waals surface area contributed by atoms with Gasteiger partial charge in [-0.1, -0.05) is 19.8 Å². The summed E-state index contributed by atoms with van der Waals surface area (Å²) >= 11 is 0. The van der Waals surface area contributed by atoms with E-state index < -0.39 is 0 Å². The molecule has 3 aromatic rings. The van der Waals surface area contributed by atoms with Crippen molar-refractivity contribution in [2.75, 3.05) is 43.4 Å². The highest BCUT2D eigenvalue weighted by molar-refractivity contribution is 5.76. The zero-order chi connectivity index (χ0) is 22.1. The Balaban J connectivity index is 1.39. The third kappa shape index (κ3) is 4.35. The second-order valence-electron chi connectivity index (χ2n) is 9.40. The average Bonchev–Trinajstić information content (AvgIpc) is 2.80. The van der Waals surface area contributed by atoms with Crippen LogP contribution in [0.2, 0.25) is 0 Å². The Bertz CT molecular complexity index is 1130. The highest BCUT2D eigenvalue weighted by Crippen LogP contribution is 2.33. The van der Waals surface area contributed by atoms with Crippen LogP contribution >= 0.6 is 0 Å². The molecule has 1 aliphatic heterocycles. The first-order valence-corrected chi connectivity index (χ1v) is 11.8. The van der Waals surface area contributed by atoms with Gasteiger partial charge in [0.05, 0.1) is 0 Å². The van der Waals surface area contributed by atoms with Crippen LogP contribution in [0.5, 0.6) is 0 Å². The summed E-state index contributed by atoms with van der Waals surface area (Å²) in [4.78, 5) is 26.8. The summed E-state index contributed by atoms with van der Waals surface area (Å²) in [6.07, 6.45) is 6.27. The lowest BCUT2D eigenvalue weighted by Crippen LogP contribution is -2.44. The van der Waals surface area contributed by atoms with Crippen molar-refractivity contribution in [3.63, 3.8) is 0 Å². The van der Waals surface area contributed by atoms with Crippen molar-refractivity contribution in [2.24, 2.45) is 5.92 Å². The smallest absolute Gasteiger partial charge is 0.252 e. The van der Waals surface area contributed by atoms with E-state index in [9.17, 15) is 4.79 Å². The highest BCUT2D eigenvalue weighted by Gasteiger charge is 2.23. The van der Waals surface area contributed by atoms with Crippen molar-refractivity contribution >= 4 is 28.4 Å². The molecule has 1 N–H and O–H groups in total. The molecule has 1 aliphatic carbocycles. The number of likely N-dealkylation sites (N-methyl/N-ethyl adjacent to an activating group) is 1. The molecule has 32 heavy (non-hydrogen) atoms. The van der Waals surface area contributed by atoms with Gasteiger partial charge in [-0.15, -0.1) is 0 Å². The summed E-state index contributed by atoms with van der Waals surface area (Å²) in [5, 5.41) is 4.23. The van der Waals surface area contributed by atoms with Crippen molar-refractivity contribution in [3.8, 4) is 0 Å². The minimum Gasteiger partial charge on any atom is -0.369 e. The van der Waals surface area contributed by atoms with Crippen molar-refractivity contribution in [1.82, 2.24) is 19.4 Å². The molecule has 7 heteroatoms. The third-order valence-corrected chi connectivity index (χ3v) is 6.93. The Hall–Kier alpha value is -2.93. The van der Waals surface area contributed by atoms with Crippen molar-refractivity contribution in [1.29, 1.82) is 0 Å². The third-order valence-electron chi connectivity index (χ3n) is 6.93. The molecule has 0 spiro atoms. The number of pyridine rings is 1. The second-order valence-corrected chi connectivity index (χ2v) is 9.40. The fourth-order valence-electron chi connectivity index (χ4n) is 5.04. The SMILES string of the molecule is CC1CCCC(n2c(=O)ccc3cnc(Nc4ccc(N5CCN(C)CC5)cc4)nc32)C1. The summed E-state index contributed by atoms with van der Waals surface area (Å²) < 4.78 is 1.90. The van der Waals surface area contributed by atoms with Crippen LogP contribution in [0.4, 0.5) is 17.3 Å². The van der Waals surface area contributed by atoms with Gasteiger partial charge in [0.1, 0.15) is 5.65 Å². The van der Waals surface area contributed by atoms with E-state index in [0.717, 1.165) is 62.2 Å². The molecule has 1 saturated heterocycles. The van der Waals surface area contributed by atoms with Crippen molar-refractivity contribution in [2.45, 2.75) is 38.6 Å². The number of rotatable bonds is 4. The monoisotopic (exact) mass is 432 g/mol. The molecule has 7 nitrogen and oxygen atoms in total. The molecule has 2 aromatic heterocycles. The van der Waals surface area contributed by atoms with Crippen LogP contribution < -0.4 is 15.8 Å². The number of benzene rings is 1. The number of aromatic nitrogens is 3. The molecule has 1 aromatic carbocycles. The Morgan fingerprint density at radius 2 is 1.78 bits per heavy atom. The lowest BCUT2D eigenvalue weighted by molar-refractivity contribution is 0.282. The quantitative estimate of drug-likeness (QED) is 0.671. The molecule has 0 radical (unpaired) electrons. The van der Waals surface area contributed by atoms with E-state index in [1.165, 1.54) is 12.1 Å². The molecular formula is C25H32N6O. The number of nitrogens with one attached hydrogen (secondary N) is 1. The number of hydrogen-bond donors (Lipinski definition) is 1. The molecule has 168 valence electrons. The molecular weight excluding hydrogens is 400 g/mol. The normalized spacial score (nSPS) is 22.2. The first-order valence-electron chi connectivity index (χ1n) is 11.8. The van der Waals surface area contributed by atoms with Crippen LogP contribution in [0.3, 0.4) is 0 Å². The number of hydrogen-bond acceptors (Lipinski definition) is 6. The average molecular weight is 433 g/mol. The minimum atomic E-state index is 0.0257. The molecule has 2 unspecified atom stereocenters. The Kier molecular flexibility index (Phi) is 5.83. The molecule has 1 saturated carbocycles. The van der Waals surface area contributed by atoms with Crippen LogP contribution in [0, 0.1) is 5.92 Å². The number of fused-ring (bicyclic) bond motifs is 1. The maximum Gasteiger partial charge on any atom is 0.252 e. The van der Waals surface area contributed by atoms with Gasteiger partial charge in [-0.2, -0.15) is 4.98 Å². The predicted molar refractivity (Wildman–Crippen MR) is 130 cm³/mol. The number of anilines is 3. The van der Waals surface area contributed by atoms with Gasteiger partial charge in [0, 0.05) is 61.2 Å². The highest BCUT2D eigenvalue weighted by atomic mass is 16.1. The molecule has 3 heterocycles. The van der Waals surface area contributed by atoms with E-state index in [1.807, 2.05) is 16.8 Å². The summed E-state index contributed by atoms with van der Waals surface area (Å²) in [5.74, 6) is 1.15. The Morgan fingerprint density at radius 3 is 2.53 bits per heavy atom. The second kappa shape index (κ2) is 8.90. The molecule has 2 fully saturated rings. The fraction of sp³-hybridized carbons (Fsp3) is 0.480. The van der Waals surface area contributed by atoms with E-state index in [0.29, 0.717) is 11.9 Å². The maximum atomic E-state index is 12.8. The predicted octanol–water partition coefficient (Wildman–Crippen LogP) is 4.04.